The number of allylic oxidation sites excluding steroid dienone is 2. The van der Waals surface area contributed by atoms with Crippen LogP contribution in [0, 0.1) is 19.3 Å². The van der Waals surface area contributed by atoms with Crippen LogP contribution < -0.4 is 0 Å². The lowest BCUT2D eigenvalue weighted by atomic mass is 9.85. The van der Waals surface area contributed by atoms with Gasteiger partial charge in [0.1, 0.15) is 0 Å². The molecule has 2 aromatic rings. The largest absolute Gasteiger partial charge is 0.389 e. The molecule has 0 atom stereocenters. The highest BCUT2D eigenvalue weighted by molar-refractivity contribution is 6.04. The van der Waals surface area contributed by atoms with Gasteiger partial charge in [-0.1, -0.05) is 54.5 Å². The summed E-state index contributed by atoms with van der Waals surface area (Å²) in [5.74, 6) is 2.64. The van der Waals surface area contributed by atoms with E-state index in [1.165, 1.54) is 0 Å². The lowest BCUT2D eigenvalue weighted by molar-refractivity contribution is -0.0162. The number of benzene rings is 2. The summed E-state index contributed by atoms with van der Waals surface area (Å²) in [6, 6.07) is 15.7. The Morgan fingerprint density at radius 3 is 2.53 bits per heavy atom. The molecule has 0 aromatic heterocycles. The van der Waals surface area contributed by atoms with Gasteiger partial charge in [0.2, 0.25) is 0 Å². The van der Waals surface area contributed by atoms with Gasteiger partial charge in [-0.25, -0.2) is 0 Å². The maximum atomic E-state index is 13.4. The number of rotatable bonds is 5. The fourth-order valence-electron chi connectivity index (χ4n) is 3.98. The van der Waals surface area contributed by atoms with Crippen molar-refractivity contribution in [3.8, 4) is 12.3 Å². The summed E-state index contributed by atoms with van der Waals surface area (Å²) in [6.07, 6.45) is 10.8. The topological polar surface area (TPSA) is 52.9 Å². The molecule has 30 heavy (non-hydrogen) atoms. The van der Waals surface area contributed by atoms with E-state index < -0.39 is 5.60 Å². The number of likely N-dealkylation sites (tertiary alicyclic amines) is 1. The second-order valence-electron chi connectivity index (χ2n) is 7.81. The Morgan fingerprint density at radius 1 is 1.20 bits per heavy atom. The van der Waals surface area contributed by atoms with Gasteiger partial charge in [0.25, 0.3) is 5.91 Å². The second kappa shape index (κ2) is 9.56. The molecule has 1 heterocycles. The third kappa shape index (κ3) is 4.87. The number of hydrogen-bond acceptors (Lipinski definition) is 3. The zero-order valence-corrected chi connectivity index (χ0v) is 17.6. The minimum absolute atomic E-state index is 0.0422. The number of terminal acetylenes is 1. The molecule has 1 fully saturated rings. The average molecular weight is 401 g/mol. The monoisotopic (exact) mass is 400 g/mol. The molecule has 1 N–H and O–H groups in total. The summed E-state index contributed by atoms with van der Waals surface area (Å²) in [6.45, 7) is 2.96. The first-order valence-electron chi connectivity index (χ1n) is 10.2. The molecule has 0 spiro atoms. The number of aliphatic imine (C=N–C) groups is 1. The summed E-state index contributed by atoms with van der Waals surface area (Å²) in [5.41, 5.74) is 3.21. The zero-order valence-electron chi connectivity index (χ0n) is 17.6. The van der Waals surface area contributed by atoms with E-state index in [4.69, 9.17) is 6.42 Å². The number of carbonyl (C=O) groups is 1. The summed E-state index contributed by atoms with van der Waals surface area (Å²) >= 11 is 0. The van der Waals surface area contributed by atoms with Crippen molar-refractivity contribution in [2.75, 3.05) is 20.1 Å². The summed E-state index contributed by atoms with van der Waals surface area (Å²) in [4.78, 5) is 19.2. The molecule has 0 bridgehead atoms. The van der Waals surface area contributed by atoms with Crippen molar-refractivity contribution in [1.82, 2.24) is 4.90 Å². The Hall–Kier alpha value is -3.16. The van der Waals surface area contributed by atoms with E-state index in [1.54, 1.807) is 19.3 Å². The molecule has 1 aliphatic heterocycles. The number of aryl methyl sites for hydroxylation is 1. The maximum absolute atomic E-state index is 13.4. The van der Waals surface area contributed by atoms with E-state index in [2.05, 4.69) is 10.9 Å². The minimum Gasteiger partial charge on any atom is -0.389 e. The molecule has 1 aliphatic rings. The standard InChI is InChI=1S/C26H28N2O2/c1-4-22(13-16-27-3)23-12-8-9-20(2)24(23)25(29)28-17-14-26(30,15-18-28)19-21-10-6-5-7-11-21/h1,5-13,16,30H,14-15,17-19H2,2-3H3. The van der Waals surface area contributed by atoms with Gasteiger partial charge < -0.3 is 10.0 Å². The number of amides is 1. The smallest absolute Gasteiger partial charge is 0.254 e. The van der Waals surface area contributed by atoms with Gasteiger partial charge in [-0.15, -0.1) is 6.42 Å². The number of carbonyl (C=O) groups excluding carboxylic acids is 1. The van der Waals surface area contributed by atoms with Crippen molar-refractivity contribution >= 4 is 17.7 Å². The first-order chi connectivity index (χ1) is 14.5. The Balaban J connectivity index is 1.79. The lowest BCUT2D eigenvalue weighted by Gasteiger charge is -2.38. The van der Waals surface area contributed by atoms with Crippen LogP contribution in [0.15, 0.2) is 59.6 Å². The molecule has 3 rings (SSSR count). The van der Waals surface area contributed by atoms with E-state index in [9.17, 15) is 9.90 Å². The van der Waals surface area contributed by atoms with Crippen molar-refractivity contribution in [2.24, 2.45) is 4.99 Å². The molecule has 0 saturated carbocycles. The van der Waals surface area contributed by atoms with Crippen LogP contribution in [-0.4, -0.2) is 47.9 Å². The first-order valence-corrected chi connectivity index (χ1v) is 10.2. The third-order valence-corrected chi connectivity index (χ3v) is 5.68. The van der Waals surface area contributed by atoms with Crippen molar-refractivity contribution in [1.29, 1.82) is 0 Å². The summed E-state index contributed by atoms with van der Waals surface area (Å²) in [5, 5.41) is 11.0. The van der Waals surface area contributed by atoms with Crippen LogP contribution in [0.2, 0.25) is 0 Å². The molecule has 154 valence electrons. The Morgan fingerprint density at radius 2 is 1.90 bits per heavy atom. The molecule has 2 aromatic carbocycles. The highest BCUT2D eigenvalue weighted by Gasteiger charge is 2.35. The van der Waals surface area contributed by atoms with E-state index >= 15 is 0 Å². The molecule has 1 saturated heterocycles. The Labute approximate surface area is 179 Å². The van der Waals surface area contributed by atoms with Gasteiger partial charge in [0.15, 0.2) is 0 Å². The SMILES string of the molecule is C#CC(=CC=NC)c1cccc(C)c1C(=O)N1CCC(O)(Cc2ccccc2)CC1. The van der Waals surface area contributed by atoms with Gasteiger partial charge >= 0.3 is 0 Å². The number of nitrogens with zero attached hydrogens (tertiary/aromatic N) is 2. The predicted octanol–water partition coefficient (Wildman–Crippen LogP) is 3.92. The van der Waals surface area contributed by atoms with Crippen molar-refractivity contribution in [2.45, 2.75) is 31.8 Å². The molecule has 0 radical (unpaired) electrons. The van der Waals surface area contributed by atoms with Gasteiger partial charge in [-0.05, 0) is 37.0 Å². The van der Waals surface area contributed by atoms with Crippen LogP contribution in [-0.2, 0) is 6.42 Å². The highest BCUT2D eigenvalue weighted by Crippen LogP contribution is 2.29. The molecule has 1 amide bonds. The van der Waals surface area contributed by atoms with Gasteiger partial charge in [0, 0.05) is 43.9 Å². The average Bonchev–Trinajstić information content (AvgIpc) is 2.75. The molecule has 4 nitrogen and oxygen atoms in total. The number of hydrogen-bond donors (Lipinski definition) is 1. The van der Waals surface area contributed by atoms with Crippen LogP contribution in [0.5, 0.6) is 0 Å². The van der Waals surface area contributed by atoms with Gasteiger partial charge in [0.05, 0.1) is 11.2 Å². The van der Waals surface area contributed by atoms with Crippen molar-refractivity contribution < 1.29 is 9.90 Å². The lowest BCUT2D eigenvalue weighted by Crippen LogP contribution is -2.48. The maximum Gasteiger partial charge on any atom is 0.254 e. The van der Waals surface area contributed by atoms with Crippen LogP contribution >= 0.6 is 0 Å². The first kappa shape index (κ1) is 21.5. The van der Waals surface area contributed by atoms with E-state index in [0.29, 0.717) is 43.5 Å². The number of piperidine rings is 1. The van der Waals surface area contributed by atoms with E-state index in [1.807, 2.05) is 60.4 Å². The van der Waals surface area contributed by atoms with Crippen molar-refractivity contribution in [3.63, 3.8) is 0 Å². The summed E-state index contributed by atoms with van der Waals surface area (Å²) < 4.78 is 0. The molecular formula is C26H28N2O2. The third-order valence-electron chi connectivity index (χ3n) is 5.68. The van der Waals surface area contributed by atoms with Gasteiger partial charge in [-0.3, -0.25) is 9.79 Å². The fraction of sp³-hybridized carbons (Fsp3) is 0.308. The molecule has 0 unspecified atom stereocenters. The molecular weight excluding hydrogens is 372 g/mol. The van der Waals surface area contributed by atoms with Crippen LogP contribution in [0.25, 0.3) is 5.57 Å². The normalized spacial score (nSPS) is 16.5. The Bertz CT molecular complexity index is 991. The van der Waals surface area contributed by atoms with E-state index in [0.717, 1.165) is 16.7 Å². The summed E-state index contributed by atoms with van der Waals surface area (Å²) in [7, 11) is 1.68. The second-order valence-corrected chi connectivity index (χ2v) is 7.81. The zero-order chi connectivity index (χ0) is 21.6. The quantitative estimate of drug-likeness (QED) is 0.611. The van der Waals surface area contributed by atoms with Gasteiger partial charge in [-0.2, -0.15) is 0 Å². The minimum atomic E-state index is -0.784. The molecule has 0 aliphatic carbocycles. The predicted molar refractivity (Wildman–Crippen MR) is 123 cm³/mol. The molecule has 4 heteroatoms. The van der Waals surface area contributed by atoms with Crippen LogP contribution in [0.4, 0.5) is 0 Å². The number of aliphatic hydroxyl groups is 1. The van der Waals surface area contributed by atoms with Crippen LogP contribution in [0.3, 0.4) is 0 Å². The Kier molecular flexibility index (Phi) is 6.87. The van der Waals surface area contributed by atoms with E-state index in [-0.39, 0.29) is 5.91 Å². The highest BCUT2D eigenvalue weighted by atomic mass is 16.3. The van der Waals surface area contributed by atoms with Crippen LogP contribution in [0.1, 0.15) is 39.9 Å². The fourth-order valence-corrected chi connectivity index (χ4v) is 3.98. The van der Waals surface area contributed by atoms with Crippen molar-refractivity contribution in [3.05, 3.63) is 76.9 Å².